The molecule has 1 atom stereocenters. The zero-order valence-corrected chi connectivity index (χ0v) is 12.1. The van der Waals surface area contributed by atoms with Crippen molar-refractivity contribution >= 4 is 0 Å². The number of likely N-dealkylation sites (tertiary alicyclic amines) is 1. The number of hydrogen-bond donors (Lipinski definition) is 1. The first-order valence-electron chi connectivity index (χ1n) is 7.25. The van der Waals surface area contributed by atoms with Crippen LogP contribution in [-0.2, 0) is 0 Å². The second kappa shape index (κ2) is 6.92. The summed E-state index contributed by atoms with van der Waals surface area (Å²) in [5, 5.41) is 9.26. The third-order valence-electron chi connectivity index (χ3n) is 3.76. The van der Waals surface area contributed by atoms with Crippen molar-refractivity contribution < 1.29 is 9.84 Å². The first-order chi connectivity index (χ1) is 9.19. The van der Waals surface area contributed by atoms with Crippen LogP contribution in [0.25, 0.3) is 0 Å². The van der Waals surface area contributed by atoms with Gasteiger partial charge in [0.05, 0.1) is 13.2 Å². The Kier molecular flexibility index (Phi) is 5.23. The quantitative estimate of drug-likeness (QED) is 0.801. The van der Waals surface area contributed by atoms with E-state index in [9.17, 15) is 5.11 Å². The summed E-state index contributed by atoms with van der Waals surface area (Å²) in [5.74, 6) is 0.970. The van der Waals surface area contributed by atoms with E-state index in [-0.39, 0.29) is 6.61 Å². The van der Waals surface area contributed by atoms with E-state index >= 15 is 0 Å². The predicted molar refractivity (Wildman–Crippen MR) is 77.7 cm³/mol. The minimum atomic E-state index is 0.290. The molecule has 19 heavy (non-hydrogen) atoms. The molecule has 0 radical (unpaired) electrons. The standard InChI is InChI=1S/C16H25NO2/c1-13-9-14(2)11-16(10-13)19-8-4-7-17-6-3-5-15(17)12-18/h9-11,15,18H,3-8,12H2,1-2H3/t15-/m0/s1. The Morgan fingerprint density at radius 1 is 1.26 bits per heavy atom. The second-order valence-corrected chi connectivity index (χ2v) is 5.54. The third kappa shape index (κ3) is 4.22. The SMILES string of the molecule is Cc1cc(C)cc(OCCCN2CCC[C@H]2CO)c1. The van der Waals surface area contributed by atoms with Gasteiger partial charge in [0, 0.05) is 12.6 Å². The molecule has 3 heteroatoms. The number of aliphatic hydroxyl groups excluding tert-OH is 1. The fourth-order valence-corrected chi connectivity index (χ4v) is 2.87. The maximum atomic E-state index is 9.26. The molecule has 1 aromatic carbocycles. The molecule has 0 saturated carbocycles. The van der Waals surface area contributed by atoms with Gasteiger partial charge in [0.25, 0.3) is 0 Å². The van der Waals surface area contributed by atoms with E-state index in [1.807, 2.05) is 0 Å². The molecule has 1 aliphatic heterocycles. The monoisotopic (exact) mass is 263 g/mol. The number of hydrogen-bond acceptors (Lipinski definition) is 3. The second-order valence-electron chi connectivity index (χ2n) is 5.54. The topological polar surface area (TPSA) is 32.7 Å². The van der Waals surface area contributed by atoms with E-state index in [0.29, 0.717) is 6.04 Å². The van der Waals surface area contributed by atoms with Gasteiger partial charge in [-0.25, -0.2) is 0 Å². The van der Waals surface area contributed by atoms with Crippen LogP contribution < -0.4 is 4.74 Å². The largest absolute Gasteiger partial charge is 0.494 e. The Balaban J connectivity index is 1.71. The lowest BCUT2D eigenvalue weighted by Crippen LogP contribution is -2.33. The van der Waals surface area contributed by atoms with Crippen molar-refractivity contribution in [2.45, 2.75) is 39.2 Å². The highest BCUT2D eigenvalue weighted by atomic mass is 16.5. The lowest BCUT2D eigenvalue weighted by atomic mass is 10.1. The highest BCUT2D eigenvalue weighted by Gasteiger charge is 2.22. The lowest BCUT2D eigenvalue weighted by molar-refractivity contribution is 0.150. The van der Waals surface area contributed by atoms with Gasteiger partial charge in [0.1, 0.15) is 5.75 Å². The molecular formula is C16H25NO2. The Morgan fingerprint density at radius 3 is 2.68 bits per heavy atom. The summed E-state index contributed by atoms with van der Waals surface area (Å²) in [5.41, 5.74) is 2.49. The molecule has 1 saturated heterocycles. The van der Waals surface area contributed by atoms with Gasteiger partial charge < -0.3 is 9.84 Å². The molecule has 0 spiro atoms. The van der Waals surface area contributed by atoms with Gasteiger partial charge in [-0.3, -0.25) is 4.90 Å². The summed E-state index contributed by atoms with van der Waals surface area (Å²) < 4.78 is 5.81. The van der Waals surface area contributed by atoms with Gasteiger partial charge >= 0.3 is 0 Å². The fourth-order valence-electron chi connectivity index (χ4n) is 2.87. The van der Waals surface area contributed by atoms with Gasteiger partial charge in [-0.05, 0) is 62.9 Å². The van der Waals surface area contributed by atoms with E-state index in [4.69, 9.17) is 4.74 Å². The van der Waals surface area contributed by atoms with Crippen LogP contribution in [0.1, 0.15) is 30.4 Å². The van der Waals surface area contributed by atoms with Crippen molar-refractivity contribution in [2.24, 2.45) is 0 Å². The summed E-state index contributed by atoms with van der Waals surface area (Å²) >= 11 is 0. The van der Waals surface area contributed by atoms with Crippen molar-refractivity contribution in [3.8, 4) is 5.75 Å². The Labute approximate surface area is 116 Å². The van der Waals surface area contributed by atoms with Crippen molar-refractivity contribution in [3.05, 3.63) is 29.3 Å². The molecule has 1 N–H and O–H groups in total. The van der Waals surface area contributed by atoms with Crippen LogP contribution in [0.4, 0.5) is 0 Å². The zero-order chi connectivity index (χ0) is 13.7. The molecule has 1 aromatic rings. The van der Waals surface area contributed by atoms with Gasteiger partial charge in [0.2, 0.25) is 0 Å². The van der Waals surface area contributed by atoms with Gasteiger partial charge in [-0.1, -0.05) is 6.07 Å². The summed E-state index contributed by atoms with van der Waals surface area (Å²) in [7, 11) is 0. The molecule has 2 rings (SSSR count). The number of aryl methyl sites for hydroxylation is 2. The number of aliphatic hydroxyl groups is 1. The molecule has 0 aromatic heterocycles. The summed E-state index contributed by atoms with van der Waals surface area (Å²) in [6, 6.07) is 6.70. The van der Waals surface area contributed by atoms with Crippen LogP contribution in [0.3, 0.4) is 0 Å². The van der Waals surface area contributed by atoms with Crippen molar-refractivity contribution in [1.29, 1.82) is 0 Å². The maximum Gasteiger partial charge on any atom is 0.119 e. The minimum absolute atomic E-state index is 0.290. The molecule has 1 aliphatic rings. The van der Waals surface area contributed by atoms with E-state index in [2.05, 4.69) is 36.9 Å². The normalized spacial score (nSPS) is 19.8. The van der Waals surface area contributed by atoms with Gasteiger partial charge in [-0.2, -0.15) is 0 Å². The maximum absolute atomic E-state index is 9.26. The number of benzene rings is 1. The summed E-state index contributed by atoms with van der Waals surface area (Å²) in [4.78, 5) is 2.38. The number of ether oxygens (including phenoxy) is 1. The van der Waals surface area contributed by atoms with Crippen LogP contribution in [-0.4, -0.2) is 42.4 Å². The Bertz CT molecular complexity index is 385. The Morgan fingerprint density at radius 2 is 2.00 bits per heavy atom. The number of rotatable bonds is 6. The molecule has 0 unspecified atom stereocenters. The molecule has 1 fully saturated rings. The van der Waals surface area contributed by atoms with Crippen LogP contribution in [0, 0.1) is 13.8 Å². The van der Waals surface area contributed by atoms with E-state index in [0.717, 1.165) is 38.3 Å². The zero-order valence-electron chi connectivity index (χ0n) is 12.1. The summed E-state index contributed by atoms with van der Waals surface area (Å²) in [6.07, 6.45) is 3.36. The fraction of sp³-hybridized carbons (Fsp3) is 0.625. The van der Waals surface area contributed by atoms with Crippen molar-refractivity contribution in [2.75, 3.05) is 26.3 Å². The average molecular weight is 263 g/mol. The van der Waals surface area contributed by atoms with Crippen LogP contribution in [0.2, 0.25) is 0 Å². The van der Waals surface area contributed by atoms with Crippen molar-refractivity contribution in [1.82, 2.24) is 4.90 Å². The molecular weight excluding hydrogens is 238 g/mol. The molecule has 106 valence electrons. The van der Waals surface area contributed by atoms with Gasteiger partial charge in [0.15, 0.2) is 0 Å². The van der Waals surface area contributed by atoms with Crippen molar-refractivity contribution in [3.63, 3.8) is 0 Å². The molecule has 0 bridgehead atoms. The van der Waals surface area contributed by atoms with Crippen LogP contribution in [0.15, 0.2) is 18.2 Å². The molecule has 0 aliphatic carbocycles. The Hall–Kier alpha value is -1.06. The first kappa shape index (κ1) is 14.4. The third-order valence-corrected chi connectivity index (χ3v) is 3.76. The minimum Gasteiger partial charge on any atom is -0.494 e. The predicted octanol–water partition coefficient (Wildman–Crippen LogP) is 2.53. The van der Waals surface area contributed by atoms with E-state index < -0.39 is 0 Å². The first-order valence-corrected chi connectivity index (χ1v) is 7.25. The van der Waals surface area contributed by atoms with E-state index in [1.165, 1.54) is 17.5 Å². The summed E-state index contributed by atoms with van der Waals surface area (Å²) in [6.45, 7) is 7.37. The van der Waals surface area contributed by atoms with Crippen LogP contribution in [0.5, 0.6) is 5.75 Å². The number of nitrogens with zero attached hydrogens (tertiary/aromatic N) is 1. The smallest absolute Gasteiger partial charge is 0.119 e. The average Bonchev–Trinajstić information content (AvgIpc) is 2.81. The molecule has 1 heterocycles. The lowest BCUT2D eigenvalue weighted by Gasteiger charge is -2.22. The van der Waals surface area contributed by atoms with E-state index in [1.54, 1.807) is 0 Å². The highest BCUT2D eigenvalue weighted by molar-refractivity contribution is 5.32. The highest BCUT2D eigenvalue weighted by Crippen LogP contribution is 2.18. The molecule has 3 nitrogen and oxygen atoms in total. The van der Waals surface area contributed by atoms with Gasteiger partial charge in [-0.15, -0.1) is 0 Å². The molecule has 0 amide bonds. The van der Waals surface area contributed by atoms with Crippen LogP contribution >= 0.6 is 0 Å².